The second-order valence-electron chi connectivity index (χ2n) is 6.68. The lowest BCUT2D eigenvalue weighted by molar-refractivity contribution is 0.148. The number of benzene rings is 1. The lowest BCUT2D eigenvalue weighted by Crippen LogP contribution is -2.36. The molecule has 1 unspecified atom stereocenters. The van der Waals surface area contributed by atoms with Crippen LogP contribution in [0.3, 0.4) is 0 Å². The van der Waals surface area contributed by atoms with Gasteiger partial charge in [-0.1, -0.05) is 26.0 Å². The number of nitrogens with one attached hydrogen (secondary N) is 2. The van der Waals surface area contributed by atoms with Crippen LogP contribution in [0.1, 0.15) is 39.5 Å². The van der Waals surface area contributed by atoms with Crippen LogP contribution in [0, 0.1) is 5.92 Å². The average molecular weight is 319 g/mol. The molecule has 1 heterocycles. The quantitative estimate of drug-likeness (QED) is 0.754. The highest BCUT2D eigenvalue weighted by Gasteiger charge is 2.15. The number of aliphatic hydroxyl groups is 1. The van der Waals surface area contributed by atoms with E-state index >= 15 is 0 Å². The van der Waals surface area contributed by atoms with E-state index in [1.165, 1.54) is 19.3 Å². The molecule has 2 amide bonds. The van der Waals surface area contributed by atoms with Crippen LogP contribution in [0.4, 0.5) is 16.2 Å². The fourth-order valence-electron chi connectivity index (χ4n) is 2.99. The highest BCUT2D eigenvalue weighted by Crippen LogP contribution is 2.28. The summed E-state index contributed by atoms with van der Waals surface area (Å²) in [6.45, 7) is 6.45. The number of nitrogens with zero attached hydrogens (tertiary/aromatic N) is 1. The Morgan fingerprint density at radius 1 is 1.22 bits per heavy atom. The van der Waals surface area contributed by atoms with Crippen molar-refractivity contribution in [2.24, 2.45) is 5.92 Å². The Morgan fingerprint density at radius 3 is 2.61 bits per heavy atom. The van der Waals surface area contributed by atoms with E-state index in [0.29, 0.717) is 12.3 Å². The van der Waals surface area contributed by atoms with Crippen molar-refractivity contribution in [3.05, 3.63) is 24.3 Å². The smallest absolute Gasteiger partial charge is 0.319 e. The first-order valence-electron chi connectivity index (χ1n) is 8.63. The molecule has 0 aromatic heterocycles. The minimum Gasteiger partial charge on any atom is -0.391 e. The molecule has 3 N–H and O–H groups in total. The molecule has 0 saturated carbocycles. The second-order valence-corrected chi connectivity index (χ2v) is 6.68. The van der Waals surface area contributed by atoms with Crippen LogP contribution in [0.5, 0.6) is 0 Å². The summed E-state index contributed by atoms with van der Waals surface area (Å²) in [6.07, 6.45) is 3.85. The van der Waals surface area contributed by atoms with Gasteiger partial charge in [0.2, 0.25) is 0 Å². The van der Waals surface area contributed by atoms with Crippen LogP contribution >= 0.6 is 0 Å². The summed E-state index contributed by atoms with van der Waals surface area (Å²) in [5.41, 5.74) is 1.90. The number of aliphatic hydroxyl groups excluding tert-OH is 1. The minimum absolute atomic E-state index is 0.266. The number of amides is 2. The molecule has 0 spiro atoms. The van der Waals surface area contributed by atoms with Crippen molar-refractivity contribution in [3.63, 3.8) is 0 Å². The summed E-state index contributed by atoms with van der Waals surface area (Å²) >= 11 is 0. The highest BCUT2D eigenvalue weighted by molar-refractivity contribution is 5.93. The average Bonchev–Trinajstić information content (AvgIpc) is 2.54. The van der Waals surface area contributed by atoms with E-state index in [-0.39, 0.29) is 12.6 Å². The molecule has 0 bridgehead atoms. The van der Waals surface area contributed by atoms with Gasteiger partial charge in [0.25, 0.3) is 0 Å². The zero-order valence-electron chi connectivity index (χ0n) is 14.2. The normalized spacial score (nSPS) is 16.3. The largest absolute Gasteiger partial charge is 0.391 e. The topological polar surface area (TPSA) is 64.6 Å². The SMILES string of the molecule is CC(C)CC(O)CNC(=O)Nc1ccccc1N1CCCCC1. The number of hydrogen-bond donors (Lipinski definition) is 3. The van der Waals surface area contributed by atoms with E-state index in [0.717, 1.165) is 24.5 Å². The molecule has 1 aromatic carbocycles. The number of anilines is 2. The highest BCUT2D eigenvalue weighted by atomic mass is 16.3. The molecule has 1 fully saturated rings. The Hall–Kier alpha value is -1.75. The summed E-state index contributed by atoms with van der Waals surface area (Å²) in [7, 11) is 0. The van der Waals surface area contributed by atoms with Crippen molar-refractivity contribution in [1.29, 1.82) is 0 Å². The second kappa shape index (κ2) is 8.77. The predicted octanol–water partition coefficient (Wildman–Crippen LogP) is 3.21. The van der Waals surface area contributed by atoms with Gasteiger partial charge in [-0.15, -0.1) is 0 Å². The van der Waals surface area contributed by atoms with Crippen molar-refractivity contribution < 1.29 is 9.90 Å². The van der Waals surface area contributed by atoms with Gasteiger partial charge in [-0.2, -0.15) is 0 Å². The van der Waals surface area contributed by atoms with Gasteiger partial charge >= 0.3 is 6.03 Å². The van der Waals surface area contributed by atoms with E-state index in [9.17, 15) is 9.90 Å². The summed E-state index contributed by atoms with van der Waals surface area (Å²) in [5, 5.41) is 15.5. The molecule has 2 rings (SSSR count). The minimum atomic E-state index is -0.502. The number of para-hydroxylation sites is 2. The van der Waals surface area contributed by atoms with Crippen molar-refractivity contribution in [1.82, 2.24) is 5.32 Å². The molecule has 5 nitrogen and oxygen atoms in total. The van der Waals surface area contributed by atoms with Crippen molar-refractivity contribution in [2.75, 3.05) is 29.9 Å². The van der Waals surface area contributed by atoms with Crippen molar-refractivity contribution >= 4 is 17.4 Å². The standard InChI is InChI=1S/C18H29N3O2/c1-14(2)12-15(22)13-19-18(23)20-16-8-4-5-9-17(16)21-10-6-3-7-11-21/h4-5,8-9,14-15,22H,3,6-7,10-13H2,1-2H3,(H2,19,20,23). The fourth-order valence-corrected chi connectivity index (χ4v) is 2.99. The molecule has 23 heavy (non-hydrogen) atoms. The molecule has 5 heteroatoms. The number of urea groups is 1. The van der Waals surface area contributed by atoms with E-state index < -0.39 is 6.10 Å². The number of carbonyl (C=O) groups excluding carboxylic acids is 1. The molecule has 1 aromatic rings. The fraction of sp³-hybridized carbons (Fsp3) is 0.611. The van der Waals surface area contributed by atoms with Crippen LogP contribution in [-0.2, 0) is 0 Å². The third-order valence-corrected chi connectivity index (χ3v) is 4.09. The van der Waals surface area contributed by atoms with E-state index in [1.54, 1.807) is 0 Å². The Morgan fingerprint density at radius 2 is 1.91 bits per heavy atom. The van der Waals surface area contributed by atoms with E-state index in [2.05, 4.69) is 35.4 Å². The molecule has 128 valence electrons. The summed E-state index contributed by atoms with van der Waals surface area (Å²) in [4.78, 5) is 14.4. The maximum absolute atomic E-state index is 12.1. The lowest BCUT2D eigenvalue weighted by atomic mass is 10.1. The van der Waals surface area contributed by atoms with Gasteiger partial charge in [0, 0.05) is 19.6 Å². The summed E-state index contributed by atoms with van der Waals surface area (Å²) in [5.74, 6) is 0.412. The van der Waals surface area contributed by atoms with Gasteiger partial charge in [0.1, 0.15) is 0 Å². The van der Waals surface area contributed by atoms with Crippen LogP contribution in [0.25, 0.3) is 0 Å². The van der Waals surface area contributed by atoms with Crippen LogP contribution in [0.2, 0.25) is 0 Å². The Kier molecular flexibility index (Phi) is 6.71. The first-order chi connectivity index (χ1) is 11.1. The van der Waals surface area contributed by atoms with Crippen molar-refractivity contribution in [3.8, 4) is 0 Å². The van der Waals surface area contributed by atoms with Crippen molar-refractivity contribution in [2.45, 2.75) is 45.6 Å². The van der Waals surface area contributed by atoms with Gasteiger partial charge in [-0.3, -0.25) is 0 Å². The molecule has 1 aliphatic heterocycles. The van der Waals surface area contributed by atoms with E-state index in [1.807, 2.05) is 18.2 Å². The molecular formula is C18H29N3O2. The Labute approximate surface area is 139 Å². The number of piperidine rings is 1. The molecule has 0 aliphatic carbocycles. The van der Waals surface area contributed by atoms with E-state index in [4.69, 9.17) is 0 Å². The summed E-state index contributed by atoms with van der Waals surface area (Å²) in [6, 6.07) is 7.64. The van der Waals surface area contributed by atoms with Crippen LogP contribution in [0.15, 0.2) is 24.3 Å². The van der Waals surface area contributed by atoms with Gasteiger partial charge in [0.15, 0.2) is 0 Å². The Balaban J connectivity index is 1.90. The Bertz CT molecular complexity index is 499. The predicted molar refractivity (Wildman–Crippen MR) is 95.0 cm³/mol. The maximum Gasteiger partial charge on any atom is 0.319 e. The van der Waals surface area contributed by atoms with Gasteiger partial charge < -0.3 is 20.6 Å². The van der Waals surface area contributed by atoms with Crippen LogP contribution < -0.4 is 15.5 Å². The van der Waals surface area contributed by atoms with Gasteiger partial charge in [-0.25, -0.2) is 4.79 Å². The zero-order chi connectivity index (χ0) is 16.7. The molecule has 0 radical (unpaired) electrons. The third-order valence-electron chi connectivity index (χ3n) is 4.09. The summed E-state index contributed by atoms with van der Waals surface area (Å²) < 4.78 is 0. The van der Waals surface area contributed by atoms with Crippen LogP contribution in [-0.4, -0.2) is 36.9 Å². The first kappa shape index (κ1) is 17.6. The molecule has 1 atom stereocenters. The van der Waals surface area contributed by atoms with Gasteiger partial charge in [0.05, 0.1) is 17.5 Å². The molecular weight excluding hydrogens is 290 g/mol. The number of hydrogen-bond acceptors (Lipinski definition) is 3. The van der Waals surface area contributed by atoms with Gasteiger partial charge in [-0.05, 0) is 43.7 Å². The zero-order valence-corrected chi connectivity index (χ0v) is 14.2. The monoisotopic (exact) mass is 319 g/mol. The number of carbonyl (C=O) groups is 1. The first-order valence-corrected chi connectivity index (χ1v) is 8.63. The maximum atomic E-state index is 12.1. The molecule has 1 aliphatic rings. The number of rotatable bonds is 6. The lowest BCUT2D eigenvalue weighted by Gasteiger charge is -2.30. The molecule has 1 saturated heterocycles. The third kappa shape index (κ3) is 5.75.